The van der Waals surface area contributed by atoms with Crippen molar-refractivity contribution in [2.75, 3.05) is 42.8 Å². The van der Waals surface area contributed by atoms with Gasteiger partial charge in [-0.25, -0.2) is 9.37 Å². The number of carbonyl (C=O) groups is 4. The molecule has 2 saturated heterocycles. The Morgan fingerprint density at radius 3 is 2.40 bits per heavy atom. The number of halogens is 4. The second-order valence-electron chi connectivity index (χ2n) is 17.3. The van der Waals surface area contributed by atoms with E-state index in [2.05, 4.69) is 20.6 Å². The lowest BCUT2D eigenvalue weighted by atomic mass is 9.85. The van der Waals surface area contributed by atoms with E-state index in [1.165, 1.54) is 29.8 Å². The maximum absolute atomic E-state index is 15.3. The molecule has 0 radical (unpaired) electrons. The average Bonchev–Trinajstić information content (AvgIpc) is 3.98. The van der Waals surface area contributed by atoms with Gasteiger partial charge in [0.1, 0.15) is 41.3 Å². The van der Waals surface area contributed by atoms with Crippen LogP contribution in [-0.4, -0.2) is 100 Å². The van der Waals surface area contributed by atoms with E-state index in [1.807, 2.05) is 12.1 Å². The number of hydrogen-bond donors (Lipinski definition) is 3. The lowest BCUT2D eigenvalue weighted by Crippen LogP contribution is -2.58. The Morgan fingerprint density at radius 2 is 1.77 bits per heavy atom. The van der Waals surface area contributed by atoms with E-state index in [9.17, 15) is 37.5 Å². The first-order chi connectivity index (χ1) is 30.7. The van der Waals surface area contributed by atoms with Crippen molar-refractivity contribution in [1.82, 2.24) is 25.5 Å². The van der Waals surface area contributed by atoms with Crippen molar-refractivity contribution in [2.24, 2.45) is 5.41 Å². The third kappa shape index (κ3) is 11.0. The Hall–Kier alpha value is -6.59. The predicted octanol–water partition coefficient (Wildman–Crippen LogP) is 5.34. The van der Waals surface area contributed by atoms with Crippen LogP contribution in [0, 0.1) is 22.6 Å². The minimum atomic E-state index is -5.14. The van der Waals surface area contributed by atoms with E-state index in [0.717, 1.165) is 22.6 Å². The minimum absolute atomic E-state index is 0.0510. The zero-order valence-electron chi connectivity index (χ0n) is 36.4. The Kier molecular flexibility index (Phi) is 14.5. The number of aliphatic hydroxyl groups is 1. The number of aliphatic hydroxyl groups excluding tert-OH is 1. The van der Waals surface area contributed by atoms with Crippen LogP contribution in [0.15, 0.2) is 71.7 Å². The van der Waals surface area contributed by atoms with Crippen LogP contribution in [0.4, 0.5) is 28.9 Å². The van der Waals surface area contributed by atoms with Crippen molar-refractivity contribution >= 4 is 35.0 Å². The highest BCUT2D eigenvalue weighted by molar-refractivity contribution is 6.05. The van der Waals surface area contributed by atoms with Crippen LogP contribution in [0.25, 0.3) is 11.3 Å². The van der Waals surface area contributed by atoms with Gasteiger partial charge in [0.05, 0.1) is 67.0 Å². The lowest BCUT2D eigenvalue weighted by Gasteiger charge is -2.35. The summed E-state index contributed by atoms with van der Waals surface area (Å²) < 4.78 is 72.9. The number of nitriles is 1. The highest BCUT2D eigenvalue weighted by Crippen LogP contribution is 2.41. The zero-order valence-corrected chi connectivity index (χ0v) is 36.4. The molecule has 2 aromatic heterocycles. The molecule has 0 aliphatic carbocycles. The predicted molar refractivity (Wildman–Crippen MR) is 226 cm³/mol. The van der Waals surface area contributed by atoms with Gasteiger partial charge in [0.2, 0.25) is 17.7 Å². The number of unbranched alkanes of at least 4 members (excludes halogenated alkanes) is 1. The van der Waals surface area contributed by atoms with Crippen molar-refractivity contribution in [3.05, 3.63) is 90.0 Å². The number of carbonyl (C=O) groups excluding carboxylic acids is 4. The van der Waals surface area contributed by atoms with Gasteiger partial charge in [-0.2, -0.15) is 18.4 Å². The van der Waals surface area contributed by atoms with Crippen molar-refractivity contribution < 1.29 is 55.7 Å². The van der Waals surface area contributed by atoms with Gasteiger partial charge in [0.15, 0.2) is 12.2 Å². The number of likely N-dealkylation sites (tertiary alicyclic amines) is 1. The molecule has 0 saturated carbocycles. The fourth-order valence-corrected chi connectivity index (χ4v) is 7.61. The standard InChI is InChI=1S/C45H50F4N8O8/c1-43(2,3)39(41(61)55-23-30(58)18-35(55)40(60)53-22-32-21-51-25-65-32)54-36(59)24-63-16-6-7-17-64-31-12-8-27(9-13-31)33-14-11-29(20-52-33)57-26-56(42(62)44(57,4)5)34-15-10-28(19-50)37(38(34)46)45(47,48)49/h8-15,20-21,25,30,35,39,58H,6-7,16-18,22-24,26H2,1-5H3,(H,53,60)(H,54,59)/t30-,35+,39-/m1/s1. The monoisotopic (exact) mass is 906 g/mol. The van der Waals surface area contributed by atoms with Crippen LogP contribution in [0.5, 0.6) is 5.75 Å². The highest BCUT2D eigenvalue weighted by Gasteiger charge is 2.49. The van der Waals surface area contributed by atoms with Crippen LogP contribution < -0.4 is 25.2 Å². The van der Waals surface area contributed by atoms with E-state index in [0.29, 0.717) is 42.3 Å². The molecular formula is C45H50F4N8O8. The zero-order chi connectivity index (χ0) is 47.3. The molecule has 16 nitrogen and oxygen atoms in total. The summed E-state index contributed by atoms with van der Waals surface area (Å²) in [5, 5.41) is 25.0. The summed E-state index contributed by atoms with van der Waals surface area (Å²) in [4.78, 5) is 65.3. The molecule has 0 unspecified atom stereocenters. The van der Waals surface area contributed by atoms with E-state index in [-0.39, 0.29) is 39.4 Å². The summed E-state index contributed by atoms with van der Waals surface area (Å²) in [5.74, 6) is -2.76. The van der Waals surface area contributed by atoms with Crippen LogP contribution in [0.1, 0.15) is 70.8 Å². The first-order valence-electron chi connectivity index (χ1n) is 20.8. The molecule has 6 rings (SSSR count). The number of rotatable bonds is 16. The molecule has 346 valence electrons. The molecule has 2 aliphatic rings. The molecule has 4 heterocycles. The third-order valence-corrected chi connectivity index (χ3v) is 11.1. The molecular weight excluding hydrogens is 857 g/mol. The van der Waals surface area contributed by atoms with Gasteiger partial charge in [0, 0.05) is 25.1 Å². The number of benzene rings is 2. The largest absolute Gasteiger partial charge is 0.494 e. The van der Waals surface area contributed by atoms with Gasteiger partial charge in [0.25, 0.3) is 5.91 Å². The number of β-amino-alcohol motifs (C(OH)–C–C–N with tert-alkyl or cyclic N) is 1. The molecule has 2 aliphatic heterocycles. The van der Waals surface area contributed by atoms with Crippen LogP contribution in [-0.2, 0) is 36.6 Å². The summed E-state index contributed by atoms with van der Waals surface area (Å²) in [6.07, 6.45) is -0.597. The highest BCUT2D eigenvalue weighted by atomic mass is 19.4. The van der Waals surface area contributed by atoms with Crippen LogP contribution >= 0.6 is 0 Å². The average molecular weight is 907 g/mol. The van der Waals surface area contributed by atoms with Crippen LogP contribution in [0.3, 0.4) is 0 Å². The molecule has 0 bridgehead atoms. The van der Waals surface area contributed by atoms with Gasteiger partial charge in [-0.1, -0.05) is 20.8 Å². The fourth-order valence-electron chi connectivity index (χ4n) is 7.61. The fraction of sp³-hybridized carbons (Fsp3) is 0.444. The van der Waals surface area contributed by atoms with E-state index in [4.69, 9.17) is 19.2 Å². The molecule has 2 aromatic carbocycles. The number of oxazole rings is 1. The molecule has 3 atom stereocenters. The SMILES string of the molecule is CC(C)(C)[C@H](NC(=O)COCCCCOc1ccc(-c2ccc(N3CN(c4ccc(C#N)c(C(F)(F)F)c4F)C(=O)C3(C)C)cn2)cc1)C(=O)N1C[C@H](O)C[C@H]1C(=O)NCc1cnco1. The van der Waals surface area contributed by atoms with Crippen molar-refractivity contribution in [3.8, 4) is 23.1 Å². The topological polar surface area (TPSA) is 203 Å². The molecule has 0 spiro atoms. The molecule has 65 heavy (non-hydrogen) atoms. The quantitative estimate of drug-likeness (QED) is 0.0964. The normalized spacial score (nSPS) is 17.8. The first kappa shape index (κ1) is 47.9. The van der Waals surface area contributed by atoms with Crippen molar-refractivity contribution in [2.45, 2.75) is 90.3 Å². The second kappa shape index (κ2) is 19.7. The summed E-state index contributed by atoms with van der Waals surface area (Å²) in [6, 6.07) is 11.9. The number of anilines is 2. The first-order valence-corrected chi connectivity index (χ1v) is 20.8. The summed E-state index contributed by atoms with van der Waals surface area (Å²) in [7, 11) is 0. The number of nitrogens with one attached hydrogen (secondary N) is 2. The number of amides is 4. The van der Waals surface area contributed by atoms with E-state index >= 15 is 4.39 Å². The number of pyridine rings is 1. The lowest BCUT2D eigenvalue weighted by molar-refractivity contribution is -0.144. The Bertz CT molecular complexity index is 2380. The van der Waals surface area contributed by atoms with Crippen LogP contribution in [0.2, 0.25) is 0 Å². The number of ether oxygens (including phenoxy) is 2. The molecule has 4 aromatic rings. The smallest absolute Gasteiger partial charge is 0.420 e. The molecule has 20 heteroatoms. The Balaban J connectivity index is 0.940. The Morgan fingerprint density at radius 1 is 1.05 bits per heavy atom. The second-order valence-corrected chi connectivity index (χ2v) is 17.3. The summed E-state index contributed by atoms with van der Waals surface area (Å²) in [5.41, 5.74) is -3.36. The van der Waals surface area contributed by atoms with E-state index in [1.54, 1.807) is 63.8 Å². The van der Waals surface area contributed by atoms with Gasteiger partial charge in [-0.05, 0) is 80.6 Å². The van der Waals surface area contributed by atoms with E-state index < -0.39 is 81.6 Å². The maximum Gasteiger partial charge on any atom is 0.420 e. The third-order valence-electron chi connectivity index (χ3n) is 11.1. The number of nitrogens with zero attached hydrogens (tertiary/aromatic N) is 6. The van der Waals surface area contributed by atoms with Crippen molar-refractivity contribution in [3.63, 3.8) is 0 Å². The van der Waals surface area contributed by atoms with Gasteiger partial charge < -0.3 is 39.4 Å². The minimum Gasteiger partial charge on any atom is -0.494 e. The van der Waals surface area contributed by atoms with Crippen molar-refractivity contribution in [1.29, 1.82) is 5.26 Å². The molecule has 3 N–H and O–H groups in total. The summed E-state index contributed by atoms with van der Waals surface area (Å²) >= 11 is 0. The Labute approximate surface area is 372 Å². The summed E-state index contributed by atoms with van der Waals surface area (Å²) in [6.45, 7) is 8.58. The maximum atomic E-state index is 15.3. The number of aromatic nitrogens is 2. The van der Waals surface area contributed by atoms with Gasteiger partial charge in [-0.15, -0.1) is 0 Å². The number of hydrogen-bond acceptors (Lipinski definition) is 12. The molecule has 2 fully saturated rings. The molecule has 4 amide bonds. The number of alkyl halides is 3. The van der Waals surface area contributed by atoms with Gasteiger partial charge in [-0.3, -0.25) is 29.1 Å². The van der Waals surface area contributed by atoms with Gasteiger partial charge >= 0.3 is 6.18 Å².